The second-order valence-electron chi connectivity index (χ2n) is 9.13. The summed E-state index contributed by atoms with van der Waals surface area (Å²) >= 11 is 0. The number of aryl methyl sites for hydroxylation is 1. The summed E-state index contributed by atoms with van der Waals surface area (Å²) in [5.74, 6) is 0.133. The van der Waals surface area contributed by atoms with Gasteiger partial charge in [0, 0.05) is 43.8 Å². The van der Waals surface area contributed by atoms with Crippen LogP contribution in [0.15, 0.2) is 28.9 Å². The molecule has 0 N–H and O–H groups in total. The van der Waals surface area contributed by atoms with E-state index in [-0.39, 0.29) is 18.2 Å². The Kier molecular flexibility index (Phi) is 7.42. The van der Waals surface area contributed by atoms with E-state index in [0.717, 1.165) is 43.5 Å². The van der Waals surface area contributed by atoms with Crippen LogP contribution in [0.2, 0.25) is 0 Å². The Morgan fingerprint density at radius 3 is 2.58 bits per heavy atom. The van der Waals surface area contributed by atoms with Crippen molar-refractivity contribution >= 4 is 17.5 Å². The first-order chi connectivity index (χ1) is 16.0. The molecule has 1 fully saturated rings. The van der Waals surface area contributed by atoms with E-state index in [0.29, 0.717) is 49.5 Å². The van der Waals surface area contributed by atoms with Gasteiger partial charge in [-0.25, -0.2) is 4.63 Å². The van der Waals surface area contributed by atoms with Gasteiger partial charge in [-0.15, -0.1) is 0 Å². The number of likely N-dealkylation sites (N-methyl/N-ethyl adjacent to an activating group) is 1. The van der Waals surface area contributed by atoms with E-state index in [4.69, 9.17) is 4.63 Å². The van der Waals surface area contributed by atoms with Crippen molar-refractivity contribution in [2.24, 2.45) is 0 Å². The average Bonchev–Trinajstić information content (AvgIpc) is 3.22. The minimum Gasteiger partial charge on any atom is -0.336 e. The zero-order valence-electron chi connectivity index (χ0n) is 20.0. The lowest BCUT2D eigenvalue weighted by Gasteiger charge is -2.43. The van der Waals surface area contributed by atoms with Crippen LogP contribution < -0.4 is 4.90 Å². The van der Waals surface area contributed by atoms with Crippen LogP contribution >= 0.6 is 0 Å². The van der Waals surface area contributed by atoms with Crippen molar-refractivity contribution in [1.29, 1.82) is 0 Å². The maximum absolute atomic E-state index is 13.5. The Labute approximate surface area is 195 Å². The molecule has 0 spiro atoms. The van der Waals surface area contributed by atoms with E-state index in [1.165, 1.54) is 0 Å². The molecule has 2 bridgehead atoms. The lowest BCUT2D eigenvalue weighted by atomic mass is 9.93. The Hall–Kier alpha value is -2.74. The Morgan fingerprint density at radius 1 is 1.06 bits per heavy atom. The predicted molar refractivity (Wildman–Crippen MR) is 126 cm³/mol. The normalized spacial score (nSPS) is 21.9. The number of rotatable bonds is 4. The molecule has 8 nitrogen and oxygen atoms in total. The van der Waals surface area contributed by atoms with Gasteiger partial charge in [-0.2, -0.15) is 0 Å². The molecule has 0 radical (unpaired) electrons. The highest BCUT2D eigenvalue weighted by atomic mass is 16.6. The van der Waals surface area contributed by atoms with Crippen LogP contribution in [0, 0.1) is 6.92 Å². The molecule has 3 heterocycles. The van der Waals surface area contributed by atoms with E-state index in [2.05, 4.69) is 22.1 Å². The molecule has 2 atom stereocenters. The number of carbonyl (C=O) groups is 2. The molecule has 1 saturated heterocycles. The third-order valence-electron chi connectivity index (χ3n) is 7.16. The van der Waals surface area contributed by atoms with Crippen molar-refractivity contribution in [3.05, 3.63) is 41.2 Å². The Bertz CT molecular complexity index is 974. The standard InChI is InChI=1S/C25H35N5O3/c1-4-24(31)30-14-13-20-10-8-11-21(29(20)5-2)17-28(16-19-9-6-7-12-23(19)30)25(32)15-22-18(3)26-33-27-22/h6-7,9,12,20-21H,4-5,8,10-11,13-17H2,1-3H3. The van der Waals surface area contributed by atoms with Gasteiger partial charge in [0.15, 0.2) is 0 Å². The predicted octanol–water partition coefficient (Wildman–Crippen LogP) is 3.34. The molecule has 4 rings (SSSR count). The van der Waals surface area contributed by atoms with Gasteiger partial charge in [-0.1, -0.05) is 48.8 Å². The highest BCUT2D eigenvalue weighted by Gasteiger charge is 2.34. The monoisotopic (exact) mass is 453 g/mol. The number of aromatic nitrogens is 2. The van der Waals surface area contributed by atoms with Gasteiger partial charge in [-0.3, -0.25) is 14.5 Å². The summed E-state index contributed by atoms with van der Waals surface area (Å²) in [5.41, 5.74) is 3.15. The van der Waals surface area contributed by atoms with Crippen LogP contribution in [-0.4, -0.2) is 63.6 Å². The minimum atomic E-state index is 0.00870. The van der Waals surface area contributed by atoms with E-state index < -0.39 is 0 Å². The average molecular weight is 454 g/mol. The summed E-state index contributed by atoms with van der Waals surface area (Å²) in [6.45, 7) is 8.70. The van der Waals surface area contributed by atoms with Gasteiger partial charge in [0.05, 0.1) is 6.42 Å². The SMILES string of the molecule is CCC(=O)N1CCC2CCCC(CN(C(=O)Cc3nonc3C)Cc3ccccc31)N2CC. The lowest BCUT2D eigenvalue weighted by molar-refractivity contribution is -0.132. The first-order valence-electron chi connectivity index (χ1n) is 12.2. The van der Waals surface area contributed by atoms with E-state index >= 15 is 0 Å². The number of para-hydroxylation sites is 1. The summed E-state index contributed by atoms with van der Waals surface area (Å²) in [6.07, 6.45) is 4.93. The van der Waals surface area contributed by atoms with Crippen LogP contribution in [0.1, 0.15) is 62.9 Å². The minimum absolute atomic E-state index is 0.00870. The smallest absolute Gasteiger partial charge is 0.229 e. The first-order valence-corrected chi connectivity index (χ1v) is 12.2. The number of nitrogens with zero attached hydrogens (tertiary/aromatic N) is 5. The van der Waals surface area contributed by atoms with Crippen LogP contribution in [-0.2, 0) is 22.6 Å². The summed E-state index contributed by atoms with van der Waals surface area (Å²) < 4.78 is 4.82. The number of carbonyl (C=O) groups excluding carboxylic acids is 2. The van der Waals surface area contributed by atoms with Gasteiger partial charge in [0.1, 0.15) is 11.4 Å². The molecule has 1 aromatic heterocycles. The molecule has 2 aromatic rings. The Morgan fingerprint density at radius 2 is 1.85 bits per heavy atom. The fraction of sp³-hybridized carbons (Fsp3) is 0.600. The fourth-order valence-electron chi connectivity index (χ4n) is 5.38. The van der Waals surface area contributed by atoms with E-state index in [9.17, 15) is 9.59 Å². The molecule has 2 aliphatic rings. The number of piperidine rings is 1. The number of hydrogen-bond acceptors (Lipinski definition) is 6. The fourth-order valence-corrected chi connectivity index (χ4v) is 5.38. The van der Waals surface area contributed by atoms with Crippen molar-refractivity contribution in [2.75, 3.05) is 24.5 Å². The van der Waals surface area contributed by atoms with Crippen molar-refractivity contribution < 1.29 is 14.2 Å². The quantitative estimate of drug-likeness (QED) is 0.706. The van der Waals surface area contributed by atoms with Crippen molar-refractivity contribution in [1.82, 2.24) is 20.1 Å². The molecule has 0 saturated carbocycles. The molecular formula is C25H35N5O3. The molecule has 2 amide bonds. The third-order valence-corrected chi connectivity index (χ3v) is 7.16. The van der Waals surface area contributed by atoms with Gasteiger partial charge in [0.2, 0.25) is 11.8 Å². The maximum atomic E-state index is 13.5. The summed E-state index contributed by atoms with van der Waals surface area (Å²) in [7, 11) is 0. The van der Waals surface area contributed by atoms with Crippen molar-refractivity contribution in [3.8, 4) is 0 Å². The summed E-state index contributed by atoms with van der Waals surface area (Å²) in [4.78, 5) is 32.9. The molecule has 1 aromatic carbocycles. The number of anilines is 1. The highest BCUT2D eigenvalue weighted by molar-refractivity contribution is 5.94. The molecule has 33 heavy (non-hydrogen) atoms. The topological polar surface area (TPSA) is 82.8 Å². The number of amides is 2. The van der Waals surface area contributed by atoms with Crippen molar-refractivity contribution in [3.63, 3.8) is 0 Å². The van der Waals surface area contributed by atoms with Crippen LogP contribution in [0.25, 0.3) is 0 Å². The molecule has 2 unspecified atom stereocenters. The van der Waals surface area contributed by atoms with Crippen LogP contribution in [0.4, 0.5) is 5.69 Å². The largest absolute Gasteiger partial charge is 0.336 e. The zero-order chi connectivity index (χ0) is 23.4. The van der Waals surface area contributed by atoms with Gasteiger partial charge in [0.25, 0.3) is 0 Å². The first kappa shape index (κ1) is 23.4. The van der Waals surface area contributed by atoms with E-state index in [1.54, 1.807) is 6.92 Å². The second kappa shape index (κ2) is 10.5. The number of benzene rings is 1. The molecule has 8 heteroatoms. The maximum Gasteiger partial charge on any atom is 0.229 e. The van der Waals surface area contributed by atoms with E-state index in [1.807, 2.05) is 41.0 Å². The Balaban J connectivity index is 1.72. The number of fused-ring (bicyclic) bond motifs is 3. The molecule has 2 aliphatic heterocycles. The lowest BCUT2D eigenvalue weighted by Crippen LogP contribution is -2.52. The molecule has 0 aliphatic carbocycles. The zero-order valence-corrected chi connectivity index (χ0v) is 20.0. The van der Waals surface area contributed by atoms with Gasteiger partial charge < -0.3 is 9.80 Å². The molecular weight excluding hydrogens is 418 g/mol. The number of hydrogen-bond donors (Lipinski definition) is 0. The summed E-state index contributed by atoms with van der Waals surface area (Å²) in [5, 5.41) is 7.76. The highest BCUT2D eigenvalue weighted by Crippen LogP contribution is 2.30. The van der Waals surface area contributed by atoms with Crippen LogP contribution in [0.5, 0.6) is 0 Å². The van der Waals surface area contributed by atoms with Crippen LogP contribution in [0.3, 0.4) is 0 Å². The second-order valence-corrected chi connectivity index (χ2v) is 9.13. The molecule has 178 valence electrons. The van der Waals surface area contributed by atoms with Gasteiger partial charge in [-0.05, 0) is 44.4 Å². The summed E-state index contributed by atoms with van der Waals surface area (Å²) in [6, 6.07) is 8.74. The third kappa shape index (κ3) is 5.11. The van der Waals surface area contributed by atoms with Gasteiger partial charge >= 0.3 is 0 Å². The van der Waals surface area contributed by atoms with Crippen molar-refractivity contribution in [2.45, 2.75) is 77.9 Å².